The van der Waals surface area contributed by atoms with E-state index in [-0.39, 0.29) is 18.2 Å². The van der Waals surface area contributed by atoms with E-state index in [0.717, 1.165) is 22.5 Å². The van der Waals surface area contributed by atoms with Crippen LogP contribution < -0.4 is 10.2 Å². The number of halogens is 1. The molecule has 6 nitrogen and oxygen atoms in total. The highest BCUT2D eigenvalue weighted by Crippen LogP contribution is 2.53. The first kappa shape index (κ1) is 17.9. The van der Waals surface area contributed by atoms with Crippen molar-refractivity contribution in [1.82, 2.24) is 9.78 Å². The largest absolute Gasteiger partial charge is 0.311 e. The molecular formula is C22H19ClN4O2. The number of aromatic nitrogens is 2. The van der Waals surface area contributed by atoms with Gasteiger partial charge in [-0.25, -0.2) is 4.68 Å². The molecule has 2 amide bonds. The van der Waals surface area contributed by atoms with Gasteiger partial charge in [-0.15, -0.1) is 0 Å². The highest BCUT2D eigenvalue weighted by atomic mass is 35.5. The van der Waals surface area contributed by atoms with Crippen molar-refractivity contribution < 1.29 is 9.59 Å². The van der Waals surface area contributed by atoms with Gasteiger partial charge in [0.1, 0.15) is 11.2 Å². The summed E-state index contributed by atoms with van der Waals surface area (Å²) < 4.78 is 1.70. The summed E-state index contributed by atoms with van der Waals surface area (Å²) in [7, 11) is 0. The van der Waals surface area contributed by atoms with E-state index in [2.05, 4.69) is 10.4 Å². The van der Waals surface area contributed by atoms with Crippen molar-refractivity contribution in [1.29, 1.82) is 0 Å². The molecule has 29 heavy (non-hydrogen) atoms. The summed E-state index contributed by atoms with van der Waals surface area (Å²) in [5.74, 6) is 0.204. The fourth-order valence-electron chi connectivity index (χ4n) is 4.56. The lowest BCUT2D eigenvalue weighted by molar-refractivity contribution is -0.126. The molecule has 2 aromatic carbocycles. The quantitative estimate of drug-likeness (QED) is 0.703. The predicted octanol–water partition coefficient (Wildman–Crippen LogP) is 3.83. The molecule has 7 heteroatoms. The third-order valence-electron chi connectivity index (χ3n) is 5.89. The number of hydrogen-bond acceptors (Lipinski definition) is 3. The molecule has 1 N–H and O–H groups in total. The van der Waals surface area contributed by atoms with Crippen LogP contribution >= 0.6 is 11.6 Å². The maximum Gasteiger partial charge on any atom is 0.242 e. The number of anilines is 2. The molecule has 0 saturated carbocycles. The summed E-state index contributed by atoms with van der Waals surface area (Å²) in [5.41, 5.74) is 3.02. The minimum absolute atomic E-state index is 0.0299. The number of benzene rings is 2. The highest BCUT2D eigenvalue weighted by molar-refractivity contribution is 6.31. The number of aryl methyl sites for hydroxylation is 1. The Morgan fingerprint density at radius 2 is 1.93 bits per heavy atom. The fourth-order valence-corrected chi connectivity index (χ4v) is 4.73. The zero-order valence-corrected chi connectivity index (χ0v) is 16.8. The molecule has 2 aliphatic heterocycles. The van der Waals surface area contributed by atoms with E-state index >= 15 is 0 Å². The van der Waals surface area contributed by atoms with E-state index < -0.39 is 5.41 Å². The standard InChI is InChI=1S/C22H19ClN4O2/c1-3-26-18-9-8-14(23)10-15(18)22(21(26)29)11-19(28)25-20-16(22)12-24-27(20)17-7-5-4-6-13(17)2/h4-10,12H,3,11H2,1-2H3,(H,25,28). The number of nitrogens with zero attached hydrogens (tertiary/aromatic N) is 3. The van der Waals surface area contributed by atoms with Gasteiger partial charge in [-0.3, -0.25) is 9.59 Å². The van der Waals surface area contributed by atoms with E-state index in [1.54, 1.807) is 27.9 Å². The second-order valence-corrected chi connectivity index (χ2v) is 7.88. The summed E-state index contributed by atoms with van der Waals surface area (Å²) in [4.78, 5) is 28.2. The maximum atomic E-state index is 13.7. The van der Waals surface area contributed by atoms with Crippen LogP contribution in [0.2, 0.25) is 5.02 Å². The molecule has 1 aromatic heterocycles. The molecule has 3 heterocycles. The van der Waals surface area contributed by atoms with Crippen molar-refractivity contribution >= 4 is 34.9 Å². The van der Waals surface area contributed by atoms with E-state index in [1.165, 1.54) is 0 Å². The van der Waals surface area contributed by atoms with Crippen molar-refractivity contribution in [2.75, 3.05) is 16.8 Å². The van der Waals surface area contributed by atoms with Crippen LogP contribution in [-0.4, -0.2) is 28.1 Å². The molecule has 0 radical (unpaired) electrons. The van der Waals surface area contributed by atoms with Crippen LogP contribution in [-0.2, 0) is 15.0 Å². The number of amides is 2. The molecule has 3 aromatic rings. The summed E-state index contributed by atoms with van der Waals surface area (Å²) in [6.45, 7) is 4.42. The van der Waals surface area contributed by atoms with Gasteiger partial charge < -0.3 is 10.2 Å². The average Bonchev–Trinajstić information content (AvgIpc) is 3.21. The maximum absolute atomic E-state index is 13.7. The number of nitrogens with one attached hydrogen (secondary N) is 1. The average molecular weight is 407 g/mol. The van der Waals surface area contributed by atoms with Gasteiger partial charge in [0.05, 0.1) is 11.9 Å². The molecule has 1 atom stereocenters. The van der Waals surface area contributed by atoms with E-state index in [9.17, 15) is 9.59 Å². The Kier molecular flexibility index (Phi) is 3.83. The van der Waals surface area contributed by atoms with Crippen LogP contribution in [0.3, 0.4) is 0 Å². The van der Waals surface area contributed by atoms with Gasteiger partial charge in [-0.1, -0.05) is 29.8 Å². The number of carbonyl (C=O) groups excluding carboxylic acids is 2. The summed E-state index contributed by atoms with van der Waals surface area (Å²) in [6, 6.07) is 13.2. The molecular weight excluding hydrogens is 388 g/mol. The Balaban J connectivity index is 1.80. The molecule has 5 rings (SSSR count). The van der Waals surface area contributed by atoms with Gasteiger partial charge in [0.25, 0.3) is 0 Å². The van der Waals surface area contributed by atoms with Crippen LogP contribution in [0, 0.1) is 6.92 Å². The summed E-state index contributed by atoms with van der Waals surface area (Å²) in [6.07, 6.45) is 1.73. The van der Waals surface area contributed by atoms with Crippen molar-refractivity contribution in [2.24, 2.45) is 0 Å². The Morgan fingerprint density at radius 3 is 2.69 bits per heavy atom. The van der Waals surface area contributed by atoms with E-state index in [1.807, 2.05) is 44.2 Å². The molecule has 2 aliphatic rings. The number of fused-ring (bicyclic) bond motifs is 4. The van der Waals surface area contributed by atoms with Crippen molar-refractivity contribution in [3.63, 3.8) is 0 Å². The smallest absolute Gasteiger partial charge is 0.242 e. The minimum atomic E-state index is -1.12. The zero-order chi connectivity index (χ0) is 20.3. The lowest BCUT2D eigenvalue weighted by Gasteiger charge is -2.32. The van der Waals surface area contributed by atoms with Crippen LogP contribution in [0.4, 0.5) is 11.5 Å². The lowest BCUT2D eigenvalue weighted by Crippen LogP contribution is -2.46. The summed E-state index contributed by atoms with van der Waals surface area (Å²) in [5, 5.41) is 8.04. The molecule has 1 unspecified atom stereocenters. The minimum Gasteiger partial charge on any atom is -0.311 e. The zero-order valence-electron chi connectivity index (χ0n) is 16.1. The van der Waals surface area contributed by atoms with Crippen molar-refractivity contribution in [3.8, 4) is 5.69 Å². The Labute approximate surface area is 173 Å². The van der Waals surface area contributed by atoms with Crippen molar-refractivity contribution in [3.05, 3.63) is 70.4 Å². The van der Waals surface area contributed by atoms with Gasteiger partial charge in [0.2, 0.25) is 11.8 Å². The Morgan fingerprint density at radius 1 is 1.14 bits per heavy atom. The third kappa shape index (κ3) is 2.32. The van der Waals surface area contributed by atoms with Crippen molar-refractivity contribution in [2.45, 2.75) is 25.7 Å². The molecule has 146 valence electrons. The van der Waals surface area contributed by atoms with E-state index in [0.29, 0.717) is 22.9 Å². The Bertz CT molecular complexity index is 1190. The number of carbonyl (C=O) groups is 2. The predicted molar refractivity (Wildman–Crippen MR) is 112 cm³/mol. The number of rotatable bonds is 2. The van der Waals surface area contributed by atoms with Gasteiger partial charge in [-0.2, -0.15) is 5.10 Å². The van der Waals surface area contributed by atoms with Crippen LogP contribution in [0.5, 0.6) is 0 Å². The molecule has 0 aliphatic carbocycles. The number of hydrogen-bond donors (Lipinski definition) is 1. The van der Waals surface area contributed by atoms with Crippen LogP contribution in [0.25, 0.3) is 5.69 Å². The van der Waals surface area contributed by atoms with E-state index in [4.69, 9.17) is 11.6 Å². The first-order chi connectivity index (χ1) is 14.0. The molecule has 0 fully saturated rings. The summed E-state index contributed by atoms with van der Waals surface area (Å²) >= 11 is 6.30. The SMILES string of the molecule is CCN1C(=O)C2(CC(=O)Nc3c2cnn3-c2ccccc2C)c2cc(Cl)ccc21. The third-order valence-corrected chi connectivity index (χ3v) is 6.13. The molecule has 1 spiro atoms. The van der Waals surface area contributed by atoms with Crippen LogP contribution in [0.15, 0.2) is 48.7 Å². The monoisotopic (exact) mass is 406 g/mol. The van der Waals surface area contributed by atoms with Gasteiger partial charge >= 0.3 is 0 Å². The fraction of sp³-hybridized carbons (Fsp3) is 0.227. The first-order valence-corrected chi connectivity index (χ1v) is 9.91. The normalized spacial score (nSPS) is 20.0. The van der Waals surface area contributed by atoms with Crippen LogP contribution in [0.1, 0.15) is 30.0 Å². The van der Waals surface area contributed by atoms with Gasteiger partial charge in [0, 0.05) is 29.2 Å². The molecule has 0 bridgehead atoms. The molecule has 0 saturated heterocycles. The lowest BCUT2D eigenvalue weighted by atomic mass is 9.72. The topological polar surface area (TPSA) is 67.2 Å². The number of para-hydroxylation sites is 1. The first-order valence-electron chi connectivity index (χ1n) is 9.53. The second-order valence-electron chi connectivity index (χ2n) is 7.45. The second kappa shape index (κ2) is 6.19. The van der Waals surface area contributed by atoms with Gasteiger partial charge in [0.15, 0.2) is 0 Å². The number of likely N-dealkylation sites (N-methyl/N-ethyl adjacent to an activating group) is 1. The Hall–Kier alpha value is -3.12. The highest BCUT2D eigenvalue weighted by Gasteiger charge is 2.57. The van der Waals surface area contributed by atoms with Gasteiger partial charge in [-0.05, 0) is 49.2 Å².